The zero-order valence-corrected chi connectivity index (χ0v) is 14.1. The van der Waals surface area contributed by atoms with Crippen molar-refractivity contribution in [1.82, 2.24) is 0 Å². The van der Waals surface area contributed by atoms with Crippen molar-refractivity contribution in [3.05, 3.63) is 45.6 Å². The normalized spacial score (nSPS) is 13.0. The summed E-state index contributed by atoms with van der Waals surface area (Å²) in [5.41, 5.74) is 7.56. The molecule has 1 aromatic carbocycles. The van der Waals surface area contributed by atoms with E-state index in [0.717, 1.165) is 21.9 Å². The summed E-state index contributed by atoms with van der Waals surface area (Å²) in [6.45, 7) is 6.63. The lowest BCUT2D eigenvalue weighted by Crippen LogP contribution is -2.11. The van der Waals surface area contributed by atoms with Crippen molar-refractivity contribution in [1.29, 1.82) is 0 Å². The van der Waals surface area contributed by atoms with Gasteiger partial charge in [-0.15, -0.1) is 11.3 Å². The van der Waals surface area contributed by atoms with Crippen molar-refractivity contribution < 1.29 is 9.47 Å². The van der Waals surface area contributed by atoms with Crippen LogP contribution in [-0.4, -0.2) is 14.2 Å². The molecule has 0 aliphatic rings. The molecule has 21 heavy (non-hydrogen) atoms. The first-order chi connectivity index (χ1) is 9.85. The maximum atomic E-state index is 6.42. The molecule has 0 amide bonds. The smallest absolute Gasteiger partial charge is 0.122 e. The van der Waals surface area contributed by atoms with E-state index in [1.165, 1.54) is 4.88 Å². The highest BCUT2D eigenvalue weighted by Crippen LogP contribution is 2.35. The largest absolute Gasteiger partial charge is 0.497 e. The van der Waals surface area contributed by atoms with E-state index in [2.05, 4.69) is 32.9 Å². The van der Waals surface area contributed by atoms with Gasteiger partial charge in [-0.1, -0.05) is 20.8 Å². The van der Waals surface area contributed by atoms with Crippen LogP contribution >= 0.6 is 11.3 Å². The van der Waals surface area contributed by atoms with Crippen LogP contribution in [0.3, 0.4) is 0 Å². The van der Waals surface area contributed by atoms with Crippen LogP contribution in [-0.2, 0) is 5.41 Å². The number of rotatable bonds is 4. The Bertz CT molecular complexity index is 591. The van der Waals surface area contributed by atoms with Gasteiger partial charge in [-0.05, 0) is 35.2 Å². The molecular weight excluding hydrogens is 282 g/mol. The zero-order valence-electron chi connectivity index (χ0n) is 13.3. The first-order valence-electron chi connectivity index (χ1n) is 6.94. The van der Waals surface area contributed by atoms with Crippen molar-refractivity contribution >= 4 is 11.3 Å². The van der Waals surface area contributed by atoms with E-state index in [4.69, 9.17) is 15.2 Å². The van der Waals surface area contributed by atoms with Crippen LogP contribution in [0.4, 0.5) is 0 Å². The molecular formula is C17H23NO2S. The number of methoxy groups -OCH3 is 2. The molecule has 2 aromatic rings. The number of hydrogen-bond donors (Lipinski definition) is 1. The van der Waals surface area contributed by atoms with Gasteiger partial charge in [-0.3, -0.25) is 0 Å². The number of nitrogens with two attached hydrogens (primary N) is 1. The third-order valence-corrected chi connectivity index (χ3v) is 5.00. The second-order valence-electron chi connectivity index (χ2n) is 6.08. The minimum Gasteiger partial charge on any atom is -0.497 e. The Kier molecular flexibility index (Phi) is 4.59. The molecule has 1 unspecified atom stereocenters. The SMILES string of the molecule is COc1cc(OC)cc(C(N)c2ccc(C(C)(C)C)s2)c1. The monoisotopic (exact) mass is 305 g/mol. The van der Waals surface area contributed by atoms with Gasteiger partial charge in [0.25, 0.3) is 0 Å². The number of thiophene rings is 1. The molecule has 0 saturated carbocycles. The first kappa shape index (κ1) is 15.9. The predicted octanol–water partition coefficient (Wildman–Crippen LogP) is 4.11. The van der Waals surface area contributed by atoms with Crippen LogP contribution in [0.2, 0.25) is 0 Å². The minimum absolute atomic E-state index is 0.148. The summed E-state index contributed by atoms with van der Waals surface area (Å²) in [7, 11) is 3.29. The highest BCUT2D eigenvalue weighted by Gasteiger charge is 2.19. The van der Waals surface area contributed by atoms with E-state index in [9.17, 15) is 0 Å². The Morgan fingerprint density at radius 3 is 2.00 bits per heavy atom. The molecule has 0 radical (unpaired) electrons. The molecule has 1 atom stereocenters. The van der Waals surface area contributed by atoms with E-state index in [0.29, 0.717) is 0 Å². The van der Waals surface area contributed by atoms with Crippen molar-refractivity contribution in [2.75, 3.05) is 14.2 Å². The van der Waals surface area contributed by atoms with Gasteiger partial charge in [0.2, 0.25) is 0 Å². The molecule has 0 spiro atoms. The molecule has 4 heteroatoms. The van der Waals surface area contributed by atoms with Crippen molar-refractivity contribution in [2.45, 2.75) is 32.2 Å². The molecule has 1 heterocycles. The lowest BCUT2D eigenvalue weighted by molar-refractivity contribution is 0.393. The summed E-state index contributed by atoms with van der Waals surface area (Å²) >= 11 is 1.76. The molecule has 2 rings (SSSR count). The Hall–Kier alpha value is -1.52. The first-order valence-corrected chi connectivity index (χ1v) is 7.75. The molecule has 2 N–H and O–H groups in total. The fourth-order valence-electron chi connectivity index (χ4n) is 2.10. The summed E-state index contributed by atoms with van der Waals surface area (Å²) in [6, 6.07) is 9.88. The summed E-state index contributed by atoms with van der Waals surface area (Å²) in [5.74, 6) is 1.51. The molecule has 3 nitrogen and oxygen atoms in total. The predicted molar refractivity (Wildman–Crippen MR) is 88.6 cm³/mol. The van der Waals surface area contributed by atoms with E-state index in [-0.39, 0.29) is 11.5 Å². The van der Waals surface area contributed by atoms with Gasteiger partial charge in [0.05, 0.1) is 20.3 Å². The third kappa shape index (κ3) is 3.57. The van der Waals surface area contributed by atoms with E-state index in [1.54, 1.807) is 25.6 Å². The zero-order chi connectivity index (χ0) is 15.6. The van der Waals surface area contributed by atoms with Crippen molar-refractivity contribution in [2.24, 2.45) is 5.73 Å². The summed E-state index contributed by atoms with van der Waals surface area (Å²) < 4.78 is 10.6. The van der Waals surface area contributed by atoms with Gasteiger partial charge in [0.15, 0.2) is 0 Å². The topological polar surface area (TPSA) is 44.5 Å². The second kappa shape index (κ2) is 6.08. The van der Waals surface area contributed by atoms with Gasteiger partial charge < -0.3 is 15.2 Å². The Morgan fingerprint density at radius 1 is 1.00 bits per heavy atom. The highest BCUT2D eigenvalue weighted by atomic mass is 32.1. The molecule has 0 fully saturated rings. The average molecular weight is 305 g/mol. The minimum atomic E-state index is -0.171. The maximum Gasteiger partial charge on any atom is 0.122 e. The summed E-state index contributed by atoms with van der Waals surface area (Å²) in [4.78, 5) is 2.48. The highest BCUT2D eigenvalue weighted by molar-refractivity contribution is 7.12. The Balaban J connectivity index is 2.35. The standard InChI is InChI=1S/C17H23NO2S/c1-17(2,3)15-7-6-14(21-15)16(18)11-8-12(19-4)10-13(9-11)20-5/h6-10,16H,18H2,1-5H3. The van der Waals surface area contributed by atoms with Gasteiger partial charge >= 0.3 is 0 Å². The average Bonchev–Trinajstić information content (AvgIpc) is 2.95. The van der Waals surface area contributed by atoms with Crippen molar-refractivity contribution in [3.8, 4) is 11.5 Å². The van der Waals surface area contributed by atoms with Crippen LogP contribution < -0.4 is 15.2 Å². The number of ether oxygens (including phenoxy) is 2. The Labute approximate surface area is 130 Å². The number of benzene rings is 1. The summed E-state index contributed by atoms with van der Waals surface area (Å²) in [6.07, 6.45) is 0. The number of hydrogen-bond acceptors (Lipinski definition) is 4. The summed E-state index contributed by atoms with van der Waals surface area (Å²) in [5, 5.41) is 0. The van der Waals surface area contributed by atoms with Gasteiger partial charge in [-0.2, -0.15) is 0 Å². The van der Waals surface area contributed by atoms with E-state index >= 15 is 0 Å². The van der Waals surface area contributed by atoms with Crippen LogP contribution in [0.25, 0.3) is 0 Å². The van der Waals surface area contributed by atoms with Crippen molar-refractivity contribution in [3.63, 3.8) is 0 Å². The van der Waals surface area contributed by atoms with Gasteiger partial charge in [-0.25, -0.2) is 0 Å². The maximum absolute atomic E-state index is 6.42. The molecule has 0 aliphatic carbocycles. The lowest BCUT2D eigenvalue weighted by Gasteiger charge is -2.16. The van der Waals surface area contributed by atoms with Crippen LogP contribution in [0, 0.1) is 0 Å². The van der Waals surface area contributed by atoms with Gasteiger partial charge in [0, 0.05) is 15.8 Å². The van der Waals surface area contributed by atoms with Crippen LogP contribution in [0.15, 0.2) is 30.3 Å². The fraction of sp³-hybridized carbons (Fsp3) is 0.412. The second-order valence-corrected chi connectivity index (χ2v) is 7.19. The van der Waals surface area contributed by atoms with E-state index < -0.39 is 0 Å². The van der Waals surface area contributed by atoms with Crippen LogP contribution in [0.5, 0.6) is 11.5 Å². The van der Waals surface area contributed by atoms with Crippen LogP contribution in [0.1, 0.15) is 42.1 Å². The molecule has 0 saturated heterocycles. The Morgan fingerprint density at radius 2 is 1.57 bits per heavy atom. The molecule has 114 valence electrons. The van der Waals surface area contributed by atoms with E-state index in [1.807, 2.05) is 18.2 Å². The lowest BCUT2D eigenvalue weighted by atomic mass is 9.95. The quantitative estimate of drug-likeness (QED) is 0.924. The molecule has 1 aromatic heterocycles. The fourth-order valence-corrected chi connectivity index (χ4v) is 3.19. The van der Waals surface area contributed by atoms with Gasteiger partial charge in [0.1, 0.15) is 11.5 Å². The molecule has 0 aliphatic heterocycles. The molecule has 0 bridgehead atoms. The third-order valence-electron chi connectivity index (χ3n) is 3.41.